The van der Waals surface area contributed by atoms with E-state index in [-0.39, 0.29) is 16.2 Å². The zero-order chi connectivity index (χ0) is 13.5. The summed E-state index contributed by atoms with van der Waals surface area (Å²) in [4.78, 5) is 17.9. The highest BCUT2D eigenvalue weighted by molar-refractivity contribution is 6.33. The molecule has 0 aliphatic carbocycles. The van der Waals surface area contributed by atoms with E-state index in [1.165, 1.54) is 12.1 Å². The van der Waals surface area contributed by atoms with Crippen molar-refractivity contribution in [1.82, 2.24) is 15.2 Å². The number of likely N-dealkylation sites (N-methyl/N-ethyl adjacent to an activating group) is 1. The maximum Gasteiger partial charge on any atom is 0.251 e. The van der Waals surface area contributed by atoms with E-state index in [0.717, 1.165) is 19.6 Å². The van der Waals surface area contributed by atoms with Crippen molar-refractivity contribution in [3.8, 4) is 0 Å². The van der Waals surface area contributed by atoms with Crippen LogP contribution in [0.4, 0.5) is 0 Å². The summed E-state index contributed by atoms with van der Waals surface area (Å²) in [5.74, 6) is -0.187. The van der Waals surface area contributed by atoms with Crippen LogP contribution >= 0.6 is 23.2 Å². The second-order valence-corrected chi connectivity index (χ2v) is 4.56. The highest BCUT2D eigenvalue weighted by atomic mass is 35.5. The maximum absolute atomic E-state index is 11.8. The van der Waals surface area contributed by atoms with Gasteiger partial charge >= 0.3 is 0 Å². The van der Waals surface area contributed by atoms with Gasteiger partial charge in [0.25, 0.3) is 5.91 Å². The molecule has 1 heterocycles. The van der Waals surface area contributed by atoms with Crippen molar-refractivity contribution in [2.24, 2.45) is 0 Å². The highest BCUT2D eigenvalue weighted by Crippen LogP contribution is 2.14. The number of nitrogens with one attached hydrogen (secondary N) is 1. The van der Waals surface area contributed by atoms with Crippen LogP contribution in [0.15, 0.2) is 12.1 Å². The highest BCUT2D eigenvalue weighted by Gasteiger charge is 2.08. The van der Waals surface area contributed by atoms with Crippen LogP contribution in [0.3, 0.4) is 0 Å². The second-order valence-electron chi connectivity index (χ2n) is 3.78. The molecule has 0 spiro atoms. The third kappa shape index (κ3) is 4.80. The van der Waals surface area contributed by atoms with Gasteiger partial charge < -0.3 is 10.2 Å². The molecule has 0 fully saturated rings. The summed E-state index contributed by atoms with van der Waals surface area (Å²) in [7, 11) is 0. The van der Waals surface area contributed by atoms with Crippen LogP contribution in [0.25, 0.3) is 0 Å². The first kappa shape index (κ1) is 15.2. The zero-order valence-corrected chi connectivity index (χ0v) is 12.1. The second kappa shape index (κ2) is 7.56. The van der Waals surface area contributed by atoms with Gasteiger partial charge in [-0.3, -0.25) is 4.79 Å². The van der Waals surface area contributed by atoms with E-state index in [9.17, 15) is 4.79 Å². The van der Waals surface area contributed by atoms with Gasteiger partial charge in [-0.25, -0.2) is 4.98 Å². The summed E-state index contributed by atoms with van der Waals surface area (Å²) in [6, 6.07) is 3.00. The number of carbonyl (C=O) groups is 1. The van der Waals surface area contributed by atoms with Gasteiger partial charge in [-0.2, -0.15) is 0 Å². The van der Waals surface area contributed by atoms with E-state index < -0.39 is 0 Å². The van der Waals surface area contributed by atoms with Crippen LogP contribution in [-0.2, 0) is 0 Å². The van der Waals surface area contributed by atoms with Gasteiger partial charge in [0.1, 0.15) is 10.3 Å². The largest absolute Gasteiger partial charge is 0.351 e. The topological polar surface area (TPSA) is 45.2 Å². The zero-order valence-electron chi connectivity index (χ0n) is 10.5. The van der Waals surface area contributed by atoms with Gasteiger partial charge in [0.05, 0.1) is 0 Å². The normalized spacial score (nSPS) is 10.7. The van der Waals surface area contributed by atoms with E-state index in [2.05, 4.69) is 29.0 Å². The van der Waals surface area contributed by atoms with Gasteiger partial charge in [0, 0.05) is 18.7 Å². The number of carbonyl (C=O) groups excluding carboxylic acids is 1. The number of pyridine rings is 1. The lowest BCUT2D eigenvalue weighted by atomic mass is 10.2. The molecule has 1 aromatic heterocycles. The molecule has 0 aliphatic rings. The Morgan fingerprint density at radius 1 is 1.28 bits per heavy atom. The van der Waals surface area contributed by atoms with E-state index >= 15 is 0 Å². The Kier molecular flexibility index (Phi) is 6.39. The molecule has 0 atom stereocenters. The first-order valence-electron chi connectivity index (χ1n) is 5.90. The lowest BCUT2D eigenvalue weighted by molar-refractivity contribution is 0.0949. The molecule has 1 N–H and O–H groups in total. The summed E-state index contributed by atoms with van der Waals surface area (Å²) in [6.07, 6.45) is 0. The lowest BCUT2D eigenvalue weighted by Crippen LogP contribution is -2.34. The molecule has 1 aromatic rings. The number of nitrogens with zero attached hydrogens (tertiary/aromatic N) is 2. The average Bonchev–Trinajstić information content (AvgIpc) is 2.33. The Bertz CT molecular complexity index is 388. The molecule has 18 heavy (non-hydrogen) atoms. The van der Waals surface area contributed by atoms with Gasteiger partial charge in [0.15, 0.2) is 0 Å². The third-order valence-electron chi connectivity index (χ3n) is 2.63. The van der Waals surface area contributed by atoms with Gasteiger partial charge in [-0.05, 0) is 25.2 Å². The molecule has 0 bridgehead atoms. The van der Waals surface area contributed by atoms with E-state index in [4.69, 9.17) is 23.2 Å². The fraction of sp³-hybridized carbons (Fsp3) is 0.500. The number of rotatable bonds is 6. The van der Waals surface area contributed by atoms with Crippen molar-refractivity contribution in [2.75, 3.05) is 26.2 Å². The van der Waals surface area contributed by atoms with E-state index in [1.54, 1.807) is 0 Å². The SMILES string of the molecule is CCN(CC)CCNC(=O)c1cc(Cl)nc(Cl)c1. The van der Waals surface area contributed by atoms with Crippen molar-refractivity contribution >= 4 is 29.1 Å². The molecule has 0 saturated carbocycles. The minimum Gasteiger partial charge on any atom is -0.351 e. The van der Waals surface area contributed by atoms with Crippen LogP contribution in [0, 0.1) is 0 Å². The lowest BCUT2D eigenvalue weighted by Gasteiger charge is -2.17. The fourth-order valence-electron chi connectivity index (χ4n) is 1.57. The molecule has 0 unspecified atom stereocenters. The maximum atomic E-state index is 11.8. The summed E-state index contributed by atoms with van der Waals surface area (Å²) in [5.41, 5.74) is 0.430. The van der Waals surface area contributed by atoms with Crippen molar-refractivity contribution in [1.29, 1.82) is 0 Å². The molecular weight excluding hydrogens is 273 g/mol. The third-order valence-corrected chi connectivity index (χ3v) is 3.02. The minimum absolute atomic E-state index is 0.187. The van der Waals surface area contributed by atoms with Crippen molar-refractivity contribution in [3.63, 3.8) is 0 Å². The van der Waals surface area contributed by atoms with Crippen LogP contribution < -0.4 is 5.32 Å². The first-order chi connectivity index (χ1) is 8.56. The number of hydrogen-bond donors (Lipinski definition) is 1. The number of amides is 1. The molecule has 1 rings (SSSR count). The molecule has 4 nitrogen and oxygen atoms in total. The van der Waals surface area contributed by atoms with E-state index in [0.29, 0.717) is 12.1 Å². The summed E-state index contributed by atoms with van der Waals surface area (Å²) >= 11 is 11.5. The Morgan fingerprint density at radius 2 is 1.83 bits per heavy atom. The Balaban J connectivity index is 2.50. The van der Waals surface area contributed by atoms with Gasteiger partial charge in [0.2, 0.25) is 0 Å². The predicted octanol–water partition coefficient (Wildman–Crippen LogP) is 2.46. The van der Waals surface area contributed by atoms with Crippen LogP contribution in [0.5, 0.6) is 0 Å². The smallest absolute Gasteiger partial charge is 0.251 e. The van der Waals surface area contributed by atoms with E-state index in [1.807, 2.05) is 0 Å². The van der Waals surface area contributed by atoms with Crippen LogP contribution in [0.2, 0.25) is 10.3 Å². The summed E-state index contributed by atoms with van der Waals surface area (Å²) < 4.78 is 0. The monoisotopic (exact) mass is 289 g/mol. The Morgan fingerprint density at radius 3 is 2.33 bits per heavy atom. The standard InChI is InChI=1S/C12H17Cl2N3O/c1-3-17(4-2)6-5-15-12(18)9-7-10(13)16-11(14)8-9/h7-8H,3-6H2,1-2H3,(H,15,18). The molecular formula is C12H17Cl2N3O. The Hall–Kier alpha value is -0.840. The minimum atomic E-state index is -0.187. The van der Waals surface area contributed by atoms with Gasteiger partial charge in [-0.15, -0.1) is 0 Å². The predicted molar refractivity (Wildman–Crippen MR) is 74.4 cm³/mol. The van der Waals surface area contributed by atoms with Crippen LogP contribution in [-0.4, -0.2) is 42.0 Å². The van der Waals surface area contributed by atoms with Crippen molar-refractivity contribution in [2.45, 2.75) is 13.8 Å². The number of aromatic nitrogens is 1. The Labute approximate surface area is 117 Å². The fourth-order valence-corrected chi connectivity index (χ4v) is 2.03. The van der Waals surface area contributed by atoms with Crippen molar-refractivity contribution < 1.29 is 4.79 Å². The van der Waals surface area contributed by atoms with Gasteiger partial charge in [-0.1, -0.05) is 37.0 Å². The van der Waals surface area contributed by atoms with Crippen molar-refractivity contribution in [3.05, 3.63) is 28.0 Å². The first-order valence-corrected chi connectivity index (χ1v) is 6.66. The van der Waals surface area contributed by atoms with Crippen LogP contribution in [0.1, 0.15) is 24.2 Å². The molecule has 0 saturated heterocycles. The average molecular weight is 290 g/mol. The summed E-state index contributed by atoms with van der Waals surface area (Å²) in [5, 5.41) is 3.26. The molecule has 100 valence electrons. The molecule has 0 aliphatic heterocycles. The molecule has 6 heteroatoms. The molecule has 0 radical (unpaired) electrons. The number of hydrogen-bond acceptors (Lipinski definition) is 3. The quantitative estimate of drug-likeness (QED) is 0.819. The number of halogens is 2. The summed E-state index contributed by atoms with van der Waals surface area (Å²) in [6.45, 7) is 7.55. The molecule has 1 amide bonds. The molecule has 0 aromatic carbocycles.